The second-order valence-corrected chi connectivity index (χ2v) is 7.52. The molecule has 1 aromatic carbocycles. The summed E-state index contributed by atoms with van der Waals surface area (Å²) in [7, 11) is 0. The Bertz CT molecular complexity index is 1190. The van der Waals surface area contributed by atoms with Gasteiger partial charge in [0, 0.05) is 18.5 Å². The molecule has 0 radical (unpaired) electrons. The summed E-state index contributed by atoms with van der Waals surface area (Å²) in [5.41, 5.74) is 2.16. The first-order chi connectivity index (χ1) is 14.9. The standard InChI is InChI=1S/C22H23N3O6/c1-13-10-23-15(9-16(13)14-5-3-2-4-6-14)11-25-18(27)7-8-24(22(25)30)21-20(29)19(28)17(12-26)31-21/h2-10,17,19-21,26,28-29H,11-12H2,1H3/t17-,19?,20?,21-/m1/s1. The zero-order valence-corrected chi connectivity index (χ0v) is 16.8. The van der Waals surface area contributed by atoms with Crippen molar-refractivity contribution in [3.63, 3.8) is 0 Å². The maximum Gasteiger partial charge on any atom is 0.333 e. The topological polar surface area (TPSA) is 127 Å². The van der Waals surface area contributed by atoms with Crippen LogP contribution in [0.1, 0.15) is 17.5 Å². The van der Waals surface area contributed by atoms with Crippen LogP contribution >= 0.6 is 0 Å². The summed E-state index contributed by atoms with van der Waals surface area (Å²) >= 11 is 0. The minimum absolute atomic E-state index is 0.0760. The zero-order chi connectivity index (χ0) is 22.1. The zero-order valence-electron chi connectivity index (χ0n) is 16.8. The molecule has 1 aliphatic heterocycles. The maximum atomic E-state index is 13.0. The first kappa shape index (κ1) is 21.1. The smallest absolute Gasteiger partial charge is 0.333 e. The van der Waals surface area contributed by atoms with Crippen LogP contribution in [0, 0.1) is 6.92 Å². The van der Waals surface area contributed by atoms with Crippen LogP contribution < -0.4 is 11.2 Å². The Kier molecular flexibility index (Phi) is 5.84. The molecule has 1 fully saturated rings. The van der Waals surface area contributed by atoms with Crippen LogP contribution in [0.25, 0.3) is 11.1 Å². The fraction of sp³-hybridized carbons (Fsp3) is 0.318. The van der Waals surface area contributed by atoms with Crippen molar-refractivity contribution in [2.45, 2.75) is 38.0 Å². The van der Waals surface area contributed by atoms with Gasteiger partial charge in [0.15, 0.2) is 6.23 Å². The van der Waals surface area contributed by atoms with Crippen LogP contribution in [0.15, 0.2) is 64.4 Å². The lowest BCUT2D eigenvalue weighted by molar-refractivity contribution is -0.0555. The lowest BCUT2D eigenvalue weighted by atomic mass is 10.0. The van der Waals surface area contributed by atoms with Gasteiger partial charge in [0.25, 0.3) is 5.56 Å². The Morgan fingerprint density at radius 3 is 2.52 bits per heavy atom. The molecule has 3 aromatic rings. The fourth-order valence-electron chi connectivity index (χ4n) is 3.72. The van der Waals surface area contributed by atoms with Crippen molar-refractivity contribution in [3.05, 3.63) is 87.0 Å². The van der Waals surface area contributed by atoms with Crippen molar-refractivity contribution in [1.29, 1.82) is 0 Å². The van der Waals surface area contributed by atoms with Gasteiger partial charge in [0.05, 0.1) is 18.8 Å². The van der Waals surface area contributed by atoms with Gasteiger partial charge < -0.3 is 20.1 Å². The highest BCUT2D eigenvalue weighted by atomic mass is 16.6. The number of pyridine rings is 1. The Hall–Kier alpha value is -3.11. The van der Waals surface area contributed by atoms with Crippen LogP contribution in [-0.2, 0) is 11.3 Å². The first-order valence-corrected chi connectivity index (χ1v) is 9.86. The second-order valence-electron chi connectivity index (χ2n) is 7.52. The molecule has 162 valence electrons. The minimum Gasteiger partial charge on any atom is -0.394 e. The van der Waals surface area contributed by atoms with Gasteiger partial charge in [-0.15, -0.1) is 0 Å². The van der Waals surface area contributed by atoms with Gasteiger partial charge in [-0.1, -0.05) is 30.3 Å². The fourth-order valence-corrected chi connectivity index (χ4v) is 3.72. The number of aryl methyl sites for hydroxylation is 1. The molecule has 2 aromatic heterocycles. The first-order valence-electron chi connectivity index (χ1n) is 9.86. The third-order valence-electron chi connectivity index (χ3n) is 5.45. The van der Waals surface area contributed by atoms with E-state index in [1.807, 2.05) is 43.3 Å². The van der Waals surface area contributed by atoms with Crippen molar-refractivity contribution < 1.29 is 20.1 Å². The van der Waals surface area contributed by atoms with E-state index in [4.69, 9.17) is 4.74 Å². The van der Waals surface area contributed by atoms with Crippen molar-refractivity contribution in [2.75, 3.05) is 6.61 Å². The molecule has 3 heterocycles. The van der Waals surface area contributed by atoms with Crippen molar-refractivity contribution >= 4 is 0 Å². The summed E-state index contributed by atoms with van der Waals surface area (Å²) < 4.78 is 7.45. The largest absolute Gasteiger partial charge is 0.394 e. The molecule has 31 heavy (non-hydrogen) atoms. The highest BCUT2D eigenvalue weighted by Gasteiger charge is 2.43. The number of aromatic nitrogens is 3. The molecule has 2 unspecified atom stereocenters. The quantitative estimate of drug-likeness (QED) is 0.527. The highest BCUT2D eigenvalue weighted by molar-refractivity contribution is 5.66. The number of rotatable bonds is 5. The Balaban J connectivity index is 1.70. The molecular formula is C22H23N3O6. The SMILES string of the molecule is Cc1cnc(Cn2c(=O)ccn([C@@H]3O[C@H](CO)C(O)C3O)c2=O)cc1-c1ccccc1. The van der Waals surface area contributed by atoms with E-state index in [1.165, 1.54) is 12.3 Å². The van der Waals surface area contributed by atoms with E-state index >= 15 is 0 Å². The second kappa shape index (κ2) is 8.56. The van der Waals surface area contributed by atoms with Gasteiger partial charge in [-0.3, -0.25) is 18.9 Å². The van der Waals surface area contributed by atoms with Crippen molar-refractivity contribution in [2.24, 2.45) is 0 Å². The lowest BCUT2D eigenvalue weighted by Crippen LogP contribution is -2.43. The van der Waals surface area contributed by atoms with Crippen molar-refractivity contribution in [1.82, 2.24) is 14.1 Å². The monoisotopic (exact) mass is 425 g/mol. The highest BCUT2D eigenvalue weighted by Crippen LogP contribution is 2.28. The average molecular weight is 425 g/mol. The van der Waals surface area contributed by atoms with E-state index in [2.05, 4.69) is 4.98 Å². The van der Waals surface area contributed by atoms with Crippen LogP contribution in [0.3, 0.4) is 0 Å². The number of hydrogen-bond donors (Lipinski definition) is 3. The van der Waals surface area contributed by atoms with E-state index in [9.17, 15) is 24.9 Å². The summed E-state index contributed by atoms with van der Waals surface area (Å²) in [5, 5.41) is 29.5. The third-order valence-corrected chi connectivity index (χ3v) is 5.45. The molecule has 0 spiro atoms. The van der Waals surface area contributed by atoms with Gasteiger partial charge in [-0.05, 0) is 29.7 Å². The number of aliphatic hydroxyl groups excluding tert-OH is 3. The summed E-state index contributed by atoms with van der Waals surface area (Å²) in [6.07, 6.45) is -2.13. The molecule has 9 heteroatoms. The van der Waals surface area contributed by atoms with E-state index in [1.54, 1.807) is 6.20 Å². The molecule has 3 N–H and O–H groups in total. The predicted octanol–water partition coefficient (Wildman–Crippen LogP) is 0.0402. The summed E-state index contributed by atoms with van der Waals surface area (Å²) in [6, 6.07) is 12.7. The average Bonchev–Trinajstić information content (AvgIpc) is 3.07. The van der Waals surface area contributed by atoms with Crippen LogP contribution in [-0.4, -0.2) is 54.4 Å². The molecule has 4 rings (SSSR count). The van der Waals surface area contributed by atoms with Gasteiger partial charge in [-0.2, -0.15) is 0 Å². The van der Waals surface area contributed by atoms with E-state index in [0.717, 1.165) is 25.8 Å². The predicted molar refractivity (Wildman–Crippen MR) is 111 cm³/mol. The summed E-state index contributed by atoms with van der Waals surface area (Å²) in [5.74, 6) is 0. The molecule has 9 nitrogen and oxygen atoms in total. The third kappa shape index (κ3) is 3.96. The van der Waals surface area contributed by atoms with Gasteiger partial charge >= 0.3 is 5.69 Å². The number of ether oxygens (including phenoxy) is 1. The molecule has 0 saturated carbocycles. The van der Waals surface area contributed by atoms with Crippen LogP contribution in [0.5, 0.6) is 0 Å². The van der Waals surface area contributed by atoms with E-state index in [0.29, 0.717) is 5.69 Å². The molecule has 0 aliphatic carbocycles. The lowest BCUT2D eigenvalue weighted by Gasteiger charge is -2.18. The molecule has 0 bridgehead atoms. The number of nitrogens with zero attached hydrogens (tertiary/aromatic N) is 3. The number of aliphatic hydroxyl groups is 3. The Labute approximate surface area is 177 Å². The molecule has 4 atom stereocenters. The minimum atomic E-state index is -1.43. The van der Waals surface area contributed by atoms with Gasteiger partial charge in [0.2, 0.25) is 0 Å². The molecule has 1 saturated heterocycles. The summed E-state index contributed by atoms with van der Waals surface area (Å²) in [6.45, 7) is 1.34. The Morgan fingerprint density at radius 2 is 1.84 bits per heavy atom. The number of hydrogen-bond acceptors (Lipinski definition) is 7. The van der Waals surface area contributed by atoms with Crippen LogP contribution in [0.4, 0.5) is 0 Å². The van der Waals surface area contributed by atoms with E-state index < -0.39 is 42.4 Å². The summed E-state index contributed by atoms with van der Waals surface area (Å²) in [4.78, 5) is 29.8. The molecular weight excluding hydrogens is 402 g/mol. The molecule has 1 aliphatic rings. The maximum absolute atomic E-state index is 13.0. The van der Waals surface area contributed by atoms with Gasteiger partial charge in [-0.25, -0.2) is 4.79 Å². The van der Waals surface area contributed by atoms with Crippen molar-refractivity contribution in [3.8, 4) is 11.1 Å². The van der Waals surface area contributed by atoms with E-state index in [-0.39, 0.29) is 6.54 Å². The van der Waals surface area contributed by atoms with Gasteiger partial charge in [0.1, 0.15) is 18.3 Å². The Morgan fingerprint density at radius 1 is 1.10 bits per heavy atom. The van der Waals surface area contributed by atoms with Crippen LogP contribution in [0.2, 0.25) is 0 Å². The molecule has 0 amide bonds. The number of benzene rings is 1. The normalized spacial score (nSPS) is 23.2.